The number of benzene rings is 1. The van der Waals surface area contributed by atoms with Crippen molar-refractivity contribution in [1.82, 2.24) is 5.32 Å². The van der Waals surface area contributed by atoms with Gasteiger partial charge in [0.2, 0.25) is 5.91 Å². The predicted molar refractivity (Wildman–Crippen MR) is 94.6 cm³/mol. The fraction of sp³-hybridized carbons (Fsp3) is 0.611. The Morgan fingerprint density at radius 2 is 1.83 bits per heavy atom. The van der Waals surface area contributed by atoms with E-state index in [2.05, 4.69) is 5.32 Å². The molecule has 6 heteroatoms. The minimum atomic E-state index is -3.52. The van der Waals surface area contributed by atoms with E-state index >= 15 is 0 Å². The van der Waals surface area contributed by atoms with Gasteiger partial charge in [0.15, 0.2) is 9.84 Å². The van der Waals surface area contributed by atoms with Gasteiger partial charge >= 0.3 is 0 Å². The average Bonchev–Trinajstić information content (AvgIpc) is 2.56. The molecule has 5 nitrogen and oxygen atoms in total. The number of hydrogen-bond acceptors (Lipinski definition) is 4. The second kappa shape index (κ2) is 8.12. The van der Waals surface area contributed by atoms with Crippen LogP contribution in [0.1, 0.15) is 32.3 Å². The van der Waals surface area contributed by atoms with Crippen molar-refractivity contribution >= 4 is 15.7 Å². The second-order valence-corrected chi connectivity index (χ2v) is 9.42. The van der Waals surface area contributed by atoms with Gasteiger partial charge in [-0.3, -0.25) is 4.79 Å². The van der Waals surface area contributed by atoms with Crippen LogP contribution in [0.15, 0.2) is 30.3 Å². The Balaban J connectivity index is 1.90. The normalized spacial score (nSPS) is 16.8. The Labute approximate surface area is 144 Å². The molecule has 1 amide bonds. The van der Waals surface area contributed by atoms with Gasteiger partial charge in [-0.25, -0.2) is 8.42 Å². The molecule has 2 rings (SSSR count). The Morgan fingerprint density at radius 3 is 2.46 bits per heavy atom. The standard InChI is InChI=1S/C18H27NO4S/c1-18(2,24(21,22)14-16-9-12-23-13-10-16)17(20)19-11-8-15-6-4-3-5-7-15/h3-7,16H,8-14H2,1-2H3,(H,19,20). The zero-order valence-electron chi connectivity index (χ0n) is 14.5. The van der Waals surface area contributed by atoms with Crippen LogP contribution in [0.25, 0.3) is 0 Å². The highest BCUT2D eigenvalue weighted by atomic mass is 32.2. The van der Waals surface area contributed by atoms with Gasteiger partial charge in [-0.15, -0.1) is 0 Å². The summed E-state index contributed by atoms with van der Waals surface area (Å²) < 4.78 is 29.2. The number of hydrogen-bond donors (Lipinski definition) is 1. The van der Waals surface area contributed by atoms with Crippen molar-refractivity contribution in [3.8, 4) is 0 Å². The number of ether oxygens (including phenoxy) is 1. The van der Waals surface area contributed by atoms with Crippen molar-refractivity contribution in [2.24, 2.45) is 5.92 Å². The molecule has 24 heavy (non-hydrogen) atoms. The lowest BCUT2D eigenvalue weighted by Crippen LogP contribution is -2.50. The van der Waals surface area contributed by atoms with Crippen molar-refractivity contribution in [3.05, 3.63) is 35.9 Å². The molecule has 134 valence electrons. The van der Waals surface area contributed by atoms with E-state index in [4.69, 9.17) is 4.74 Å². The molecule has 1 heterocycles. The van der Waals surface area contributed by atoms with E-state index in [1.807, 2.05) is 30.3 Å². The molecule has 1 aromatic rings. The number of carbonyl (C=O) groups excluding carboxylic acids is 1. The number of nitrogens with one attached hydrogen (secondary N) is 1. The summed E-state index contributed by atoms with van der Waals surface area (Å²) in [6.45, 7) is 4.63. The zero-order chi connectivity index (χ0) is 17.6. The van der Waals surface area contributed by atoms with E-state index < -0.39 is 20.5 Å². The molecule has 0 spiro atoms. The van der Waals surface area contributed by atoms with E-state index in [0.717, 1.165) is 18.4 Å². The molecule has 1 aliphatic rings. The molecule has 0 unspecified atom stereocenters. The maximum absolute atomic E-state index is 12.7. The number of carbonyl (C=O) groups is 1. The molecule has 0 radical (unpaired) electrons. The lowest BCUT2D eigenvalue weighted by Gasteiger charge is -2.28. The van der Waals surface area contributed by atoms with E-state index in [1.165, 1.54) is 13.8 Å². The van der Waals surface area contributed by atoms with Crippen LogP contribution in [0, 0.1) is 5.92 Å². The first-order chi connectivity index (χ1) is 11.3. The van der Waals surface area contributed by atoms with Crippen molar-refractivity contribution in [3.63, 3.8) is 0 Å². The van der Waals surface area contributed by atoms with Crippen LogP contribution in [-0.4, -0.2) is 44.6 Å². The third-order valence-corrected chi connectivity index (χ3v) is 7.31. The summed E-state index contributed by atoms with van der Waals surface area (Å²) in [5, 5.41) is 2.77. The lowest BCUT2D eigenvalue weighted by atomic mass is 10.0. The fourth-order valence-corrected chi connectivity index (χ4v) is 4.48. The average molecular weight is 353 g/mol. The van der Waals surface area contributed by atoms with Gasteiger partial charge in [0.05, 0.1) is 5.75 Å². The van der Waals surface area contributed by atoms with Crippen molar-refractivity contribution in [1.29, 1.82) is 0 Å². The zero-order valence-corrected chi connectivity index (χ0v) is 15.3. The molecule has 0 aromatic heterocycles. The molecular formula is C18H27NO4S. The summed E-state index contributed by atoms with van der Waals surface area (Å²) in [7, 11) is -3.52. The summed E-state index contributed by atoms with van der Waals surface area (Å²) in [5.41, 5.74) is 1.11. The maximum atomic E-state index is 12.7. The largest absolute Gasteiger partial charge is 0.381 e. The van der Waals surface area contributed by atoms with Crippen LogP contribution in [-0.2, 0) is 25.8 Å². The van der Waals surface area contributed by atoms with Crippen LogP contribution in [0.5, 0.6) is 0 Å². The molecule has 0 aliphatic carbocycles. The molecule has 0 bridgehead atoms. The van der Waals surface area contributed by atoms with Crippen LogP contribution < -0.4 is 5.32 Å². The molecule has 1 aliphatic heterocycles. The third-order valence-electron chi connectivity index (χ3n) is 4.66. The first-order valence-electron chi connectivity index (χ1n) is 8.45. The van der Waals surface area contributed by atoms with E-state index in [1.54, 1.807) is 0 Å². The van der Waals surface area contributed by atoms with E-state index in [-0.39, 0.29) is 11.7 Å². The van der Waals surface area contributed by atoms with Crippen molar-refractivity contribution < 1.29 is 17.9 Å². The number of amides is 1. The van der Waals surface area contributed by atoms with Crippen molar-refractivity contribution in [2.45, 2.75) is 37.9 Å². The monoisotopic (exact) mass is 353 g/mol. The summed E-state index contributed by atoms with van der Waals surface area (Å²) in [6.07, 6.45) is 2.17. The summed E-state index contributed by atoms with van der Waals surface area (Å²) in [6, 6.07) is 9.80. The van der Waals surface area contributed by atoms with Crippen LogP contribution in [0.3, 0.4) is 0 Å². The molecule has 0 atom stereocenters. The summed E-state index contributed by atoms with van der Waals surface area (Å²) in [5.74, 6) is -0.291. The second-order valence-electron chi connectivity index (χ2n) is 6.84. The molecule has 1 aromatic carbocycles. The highest BCUT2D eigenvalue weighted by Crippen LogP contribution is 2.24. The molecule has 0 saturated carbocycles. The quantitative estimate of drug-likeness (QED) is 0.813. The lowest BCUT2D eigenvalue weighted by molar-refractivity contribution is -0.122. The molecule has 1 N–H and O–H groups in total. The van der Waals surface area contributed by atoms with Crippen LogP contribution >= 0.6 is 0 Å². The smallest absolute Gasteiger partial charge is 0.240 e. The first-order valence-corrected chi connectivity index (χ1v) is 10.1. The summed E-state index contributed by atoms with van der Waals surface area (Å²) >= 11 is 0. The predicted octanol–water partition coefficient (Wildman–Crippen LogP) is 1.97. The Kier molecular flexibility index (Phi) is 6.40. The van der Waals surface area contributed by atoms with Gasteiger partial charge in [-0.05, 0) is 44.6 Å². The Hall–Kier alpha value is -1.40. The highest BCUT2D eigenvalue weighted by molar-refractivity contribution is 7.93. The molecule has 1 fully saturated rings. The van der Waals surface area contributed by atoms with Crippen LogP contribution in [0.4, 0.5) is 0 Å². The number of sulfone groups is 1. The van der Waals surface area contributed by atoms with E-state index in [0.29, 0.717) is 26.2 Å². The first kappa shape index (κ1) is 18.9. The van der Waals surface area contributed by atoms with Crippen LogP contribution in [0.2, 0.25) is 0 Å². The topological polar surface area (TPSA) is 72.5 Å². The van der Waals surface area contributed by atoms with Gasteiger partial charge in [-0.1, -0.05) is 30.3 Å². The van der Waals surface area contributed by atoms with Gasteiger partial charge in [0.25, 0.3) is 0 Å². The van der Waals surface area contributed by atoms with Crippen molar-refractivity contribution in [2.75, 3.05) is 25.5 Å². The van der Waals surface area contributed by atoms with Gasteiger partial charge in [-0.2, -0.15) is 0 Å². The third kappa shape index (κ3) is 4.80. The van der Waals surface area contributed by atoms with E-state index in [9.17, 15) is 13.2 Å². The van der Waals surface area contributed by atoms with Gasteiger partial charge in [0, 0.05) is 19.8 Å². The highest BCUT2D eigenvalue weighted by Gasteiger charge is 2.42. The van der Waals surface area contributed by atoms with Gasteiger partial charge < -0.3 is 10.1 Å². The fourth-order valence-electron chi connectivity index (χ4n) is 2.75. The minimum absolute atomic E-state index is 0.0511. The number of rotatable bonds is 7. The molecule has 1 saturated heterocycles. The minimum Gasteiger partial charge on any atom is -0.381 e. The SMILES string of the molecule is CC(C)(C(=O)NCCc1ccccc1)S(=O)(=O)CC1CCOCC1. The van der Waals surface area contributed by atoms with Gasteiger partial charge in [0.1, 0.15) is 4.75 Å². The maximum Gasteiger partial charge on any atom is 0.240 e. The summed E-state index contributed by atoms with van der Waals surface area (Å²) in [4.78, 5) is 12.4. The Bertz CT molecular complexity index is 634. The molecular weight excluding hydrogens is 326 g/mol. The Morgan fingerprint density at radius 1 is 1.21 bits per heavy atom.